The van der Waals surface area contributed by atoms with Crippen LogP contribution in [0.25, 0.3) is 22.4 Å². The number of nitrogens with zero attached hydrogens (tertiary/aromatic N) is 5. The van der Waals surface area contributed by atoms with Gasteiger partial charge in [0, 0.05) is 42.2 Å². The molecule has 2 aliphatic rings. The Bertz CT molecular complexity index is 1050. The van der Waals surface area contributed by atoms with Crippen LogP contribution in [0.1, 0.15) is 37.3 Å². The number of aromatic nitrogens is 3. The standard InChI is InChI=1S/C23H25N5O/c1-16-8-12-27(13-9-16)28-15-21(23(25-28)17-6-10-24-11-7-17)19-2-4-20-18(14-19)3-5-22(20)26-29/h2,4,6-7,10-11,14-16,29H,3,5,8-9,12-13H2,1H3. The van der Waals surface area contributed by atoms with E-state index in [4.69, 9.17) is 5.10 Å². The van der Waals surface area contributed by atoms with E-state index in [0.717, 1.165) is 65.5 Å². The second-order valence-electron chi connectivity index (χ2n) is 8.10. The monoisotopic (exact) mass is 387 g/mol. The Morgan fingerprint density at radius 1 is 1.00 bits per heavy atom. The first-order valence-electron chi connectivity index (χ1n) is 10.3. The summed E-state index contributed by atoms with van der Waals surface area (Å²) in [7, 11) is 0. The zero-order valence-electron chi connectivity index (χ0n) is 16.6. The molecule has 6 heteroatoms. The van der Waals surface area contributed by atoms with Crippen LogP contribution >= 0.6 is 0 Å². The molecule has 2 aromatic heterocycles. The quantitative estimate of drug-likeness (QED) is 0.543. The molecule has 1 aliphatic heterocycles. The summed E-state index contributed by atoms with van der Waals surface area (Å²) in [5.74, 6) is 0.778. The summed E-state index contributed by atoms with van der Waals surface area (Å²) in [6.45, 7) is 4.37. The number of hydrogen-bond acceptors (Lipinski definition) is 5. The lowest BCUT2D eigenvalue weighted by atomic mass is 9.98. The summed E-state index contributed by atoms with van der Waals surface area (Å²) < 4.78 is 0. The Balaban J connectivity index is 1.58. The minimum absolute atomic E-state index is 0.777. The Kier molecular flexibility index (Phi) is 4.54. The SMILES string of the molecule is CC1CCN(n2cc(-c3ccc4c(c3)CCC4=NO)c(-c3ccncc3)n2)CC1. The lowest BCUT2D eigenvalue weighted by molar-refractivity contribution is 0.318. The molecule has 0 spiro atoms. The van der Waals surface area contributed by atoms with Crippen LogP contribution < -0.4 is 5.01 Å². The van der Waals surface area contributed by atoms with Gasteiger partial charge in [0.1, 0.15) is 5.69 Å². The number of fused-ring (bicyclic) bond motifs is 1. The lowest BCUT2D eigenvalue weighted by Gasteiger charge is -2.31. The van der Waals surface area contributed by atoms with E-state index in [9.17, 15) is 5.21 Å². The number of pyridine rings is 1. The van der Waals surface area contributed by atoms with Crippen LogP contribution in [-0.4, -0.2) is 38.9 Å². The molecule has 0 unspecified atom stereocenters. The molecule has 1 aromatic carbocycles. The maximum atomic E-state index is 9.22. The van der Waals surface area contributed by atoms with E-state index in [1.165, 1.54) is 18.4 Å². The second-order valence-corrected chi connectivity index (χ2v) is 8.10. The second kappa shape index (κ2) is 7.35. The lowest BCUT2D eigenvalue weighted by Crippen LogP contribution is -2.41. The van der Waals surface area contributed by atoms with Crippen molar-refractivity contribution in [2.75, 3.05) is 18.1 Å². The Hall–Kier alpha value is -3.15. The van der Waals surface area contributed by atoms with Gasteiger partial charge in [-0.1, -0.05) is 30.3 Å². The average molecular weight is 387 g/mol. The van der Waals surface area contributed by atoms with Crippen molar-refractivity contribution in [2.45, 2.75) is 32.6 Å². The highest BCUT2D eigenvalue weighted by atomic mass is 16.4. The molecule has 3 heterocycles. The summed E-state index contributed by atoms with van der Waals surface area (Å²) >= 11 is 0. The number of piperidine rings is 1. The number of rotatable bonds is 3. The van der Waals surface area contributed by atoms with Crippen LogP contribution in [0.15, 0.2) is 54.1 Å². The van der Waals surface area contributed by atoms with Gasteiger partial charge in [-0.2, -0.15) is 9.89 Å². The number of benzene rings is 1. The van der Waals surface area contributed by atoms with E-state index in [-0.39, 0.29) is 0 Å². The molecule has 29 heavy (non-hydrogen) atoms. The van der Waals surface area contributed by atoms with Crippen LogP contribution in [0.2, 0.25) is 0 Å². The van der Waals surface area contributed by atoms with Crippen molar-refractivity contribution in [2.24, 2.45) is 11.1 Å². The smallest absolute Gasteiger partial charge is 0.102 e. The van der Waals surface area contributed by atoms with Crippen LogP contribution in [0.3, 0.4) is 0 Å². The Labute approximate surface area is 170 Å². The maximum absolute atomic E-state index is 9.22. The highest BCUT2D eigenvalue weighted by molar-refractivity contribution is 6.04. The van der Waals surface area contributed by atoms with Gasteiger partial charge in [0.05, 0.1) is 11.9 Å². The van der Waals surface area contributed by atoms with Crippen molar-refractivity contribution in [3.63, 3.8) is 0 Å². The Morgan fingerprint density at radius 3 is 2.55 bits per heavy atom. The molecule has 5 rings (SSSR count). The van der Waals surface area contributed by atoms with Crippen molar-refractivity contribution < 1.29 is 5.21 Å². The molecule has 0 amide bonds. The number of hydrogen-bond donors (Lipinski definition) is 1. The topological polar surface area (TPSA) is 66.5 Å². The zero-order chi connectivity index (χ0) is 19.8. The van der Waals surface area contributed by atoms with Gasteiger partial charge in [-0.3, -0.25) is 9.99 Å². The molecule has 3 aromatic rings. The summed E-state index contributed by atoms with van der Waals surface area (Å²) in [6, 6.07) is 10.4. The van der Waals surface area contributed by atoms with Crippen molar-refractivity contribution in [3.8, 4) is 22.4 Å². The van der Waals surface area contributed by atoms with E-state index in [1.54, 1.807) is 0 Å². The van der Waals surface area contributed by atoms with Gasteiger partial charge < -0.3 is 5.21 Å². The molecule has 0 radical (unpaired) electrons. The van der Waals surface area contributed by atoms with Gasteiger partial charge >= 0.3 is 0 Å². The molecular weight excluding hydrogens is 362 g/mol. The first-order chi connectivity index (χ1) is 14.2. The average Bonchev–Trinajstić information content (AvgIpc) is 3.39. The maximum Gasteiger partial charge on any atom is 0.102 e. The third-order valence-electron chi connectivity index (χ3n) is 6.18. The summed E-state index contributed by atoms with van der Waals surface area (Å²) in [5, 5.41) is 20.0. The summed E-state index contributed by atoms with van der Waals surface area (Å²) in [4.78, 5) is 6.19. The van der Waals surface area contributed by atoms with Gasteiger partial charge in [-0.05, 0) is 54.9 Å². The third kappa shape index (κ3) is 3.28. The van der Waals surface area contributed by atoms with Crippen molar-refractivity contribution in [1.82, 2.24) is 14.9 Å². The highest BCUT2D eigenvalue weighted by Gasteiger charge is 2.23. The predicted octanol–water partition coefficient (Wildman–Crippen LogP) is 4.10. The van der Waals surface area contributed by atoms with E-state index in [2.05, 4.69) is 46.5 Å². The fraction of sp³-hybridized carbons (Fsp3) is 0.348. The molecule has 0 bridgehead atoms. The predicted molar refractivity (Wildman–Crippen MR) is 114 cm³/mol. The first-order valence-corrected chi connectivity index (χ1v) is 10.3. The fourth-order valence-electron chi connectivity index (χ4n) is 4.38. The highest BCUT2D eigenvalue weighted by Crippen LogP contribution is 2.34. The third-order valence-corrected chi connectivity index (χ3v) is 6.18. The van der Waals surface area contributed by atoms with Crippen molar-refractivity contribution in [1.29, 1.82) is 0 Å². The normalized spacial score (nSPS) is 18.4. The van der Waals surface area contributed by atoms with Gasteiger partial charge in [0.15, 0.2) is 0 Å². The number of oxime groups is 1. The van der Waals surface area contributed by atoms with E-state index in [0.29, 0.717) is 0 Å². The largest absolute Gasteiger partial charge is 0.411 e. The van der Waals surface area contributed by atoms with E-state index >= 15 is 0 Å². The molecule has 1 N–H and O–H groups in total. The van der Waals surface area contributed by atoms with Crippen LogP contribution in [0.4, 0.5) is 0 Å². The van der Waals surface area contributed by atoms with Crippen LogP contribution in [-0.2, 0) is 6.42 Å². The van der Waals surface area contributed by atoms with Gasteiger partial charge in [0.2, 0.25) is 0 Å². The summed E-state index contributed by atoms with van der Waals surface area (Å²) in [5.41, 5.74) is 7.37. The molecule has 0 saturated carbocycles. The minimum Gasteiger partial charge on any atom is -0.411 e. The molecule has 1 saturated heterocycles. The van der Waals surface area contributed by atoms with Crippen LogP contribution in [0, 0.1) is 5.92 Å². The Morgan fingerprint density at radius 2 is 1.79 bits per heavy atom. The molecule has 1 aliphatic carbocycles. The molecular formula is C23H25N5O. The molecule has 6 nitrogen and oxygen atoms in total. The minimum atomic E-state index is 0.777. The van der Waals surface area contributed by atoms with Crippen LogP contribution in [0.5, 0.6) is 0 Å². The fourth-order valence-corrected chi connectivity index (χ4v) is 4.38. The van der Waals surface area contributed by atoms with Gasteiger partial charge in [0.25, 0.3) is 0 Å². The zero-order valence-corrected chi connectivity index (χ0v) is 16.6. The van der Waals surface area contributed by atoms with Gasteiger partial charge in [-0.25, -0.2) is 0 Å². The van der Waals surface area contributed by atoms with Crippen molar-refractivity contribution in [3.05, 3.63) is 60.0 Å². The molecule has 148 valence electrons. The molecule has 1 fully saturated rings. The first kappa shape index (κ1) is 17.9. The molecule has 0 atom stereocenters. The van der Waals surface area contributed by atoms with E-state index in [1.807, 2.05) is 29.3 Å². The van der Waals surface area contributed by atoms with Gasteiger partial charge in [-0.15, -0.1) is 0 Å². The van der Waals surface area contributed by atoms with Crippen molar-refractivity contribution >= 4 is 5.71 Å². The summed E-state index contributed by atoms with van der Waals surface area (Å²) in [6.07, 6.45) is 9.87. The van der Waals surface area contributed by atoms with E-state index < -0.39 is 0 Å². The number of aryl methyl sites for hydroxylation is 1.